The lowest BCUT2D eigenvalue weighted by molar-refractivity contribution is -0.298. The van der Waals surface area contributed by atoms with Crippen molar-refractivity contribution in [3.63, 3.8) is 0 Å². The zero-order valence-corrected chi connectivity index (χ0v) is 51.6. The maximum atomic E-state index is 13.2. The van der Waals surface area contributed by atoms with Crippen molar-refractivity contribution in [3.05, 3.63) is 12.2 Å². The van der Waals surface area contributed by atoms with Crippen LogP contribution in [0.4, 0.5) is 0 Å². The summed E-state index contributed by atoms with van der Waals surface area (Å²) >= 11 is 0. The quantitative estimate of drug-likeness (QED) is 0.0193. The molecule has 1 heterocycles. The molecule has 0 spiro atoms. The Kier molecular flexibility index (Phi) is 52.8. The molecule has 6 N–H and O–H groups in total. The monoisotopic (exact) mass is 1130 g/mol. The van der Waals surface area contributed by atoms with Gasteiger partial charge in [-0.3, -0.25) is 9.35 Å². The molecule has 1 rings (SSSR count). The summed E-state index contributed by atoms with van der Waals surface area (Å²) in [6.45, 7) is 3.50. The number of aliphatic hydroxyl groups excluding tert-OH is 4. The molecule has 0 aromatic heterocycles. The summed E-state index contributed by atoms with van der Waals surface area (Å²) < 4.78 is 48.0. The van der Waals surface area contributed by atoms with Crippen molar-refractivity contribution in [1.29, 1.82) is 0 Å². The average Bonchev–Trinajstić information content (AvgIpc) is 3.46. The number of allylic oxidation sites excluding steroid dienone is 2. The van der Waals surface area contributed by atoms with E-state index in [1.165, 1.54) is 263 Å². The third-order valence-corrected chi connectivity index (χ3v) is 16.8. The third-order valence-electron chi connectivity index (χ3n) is 16.3. The molecule has 1 fully saturated rings. The van der Waals surface area contributed by atoms with Gasteiger partial charge in [-0.2, -0.15) is 8.42 Å². The number of amides is 1. The second kappa shape index (κ2) is 55.1. The van der Waals surface area contributed by atoms with Gasteiger partial charge in [0.25, 0.3) is 0 Å². The van der Waals surface area contributed by atoms with E-state index in [9.17, 15) is 38.2 Å². The van der Waals surface area contributed by atoms with E-state index >= 15 is 0 Å². The molecule has 1 aliphatic rings. The third kappa shape index (κ3) is 46.3. The number of nitrogens with one attached hydrogen (secondary N) is 1. The van der Waals surface area contributed by atoms with Crippen molar-refractivity contribution in [2.75, 3.05) is 13.2 Å². The van der Waals surface area contributed by atoms with Gasteiger partial charge in [0.1, 0.15) is 24.4 Å². The van der Waals surface area contributed by atoms with E-state index in [1.54, 1.807) is 0 Å². The minimum Gasteiger partial charge on any atom is -0.394 e. The van der Waals surface area contributed by atoms with Crippen LogP contribution >= 0.6 is 0 Å². The minimum absolute atomic E-state index is 0.223. The molecule has 7 unspecified atom stereocenters. The zero-order chi connectivity index (χ0) is 56.8. The largest absolute Gasteiger partial charge is 0.397 e. The topological polar surface area (TPSA) is 192 Å². The summed E-state index contributed by atoms with van der Waals surface area (Å²) in [4.78, 5) is 13.2. The van der Waals surface area contributed by atoms with E-state index in [4.69, 9.17) is 9.47 Å². The van der Waals surface area contributed by atoms with Gasteiger partial charge in [0, 0.05) is 6.42 Å². The Bertz CT molecular complexity index is 1420. The molecule has 1 saturated heterocycles. The highest BCUT2D eigenvalue weighted by Crippen LogP contribution is 2.27. The first-order chi connectivity index (χ1) is 38.0. The Labute approximate surface area is 480 Å². The Morgan fingerprint density at radius 1 is 0.500 bits per heavy atom. The average molecular weight is 1130 g/mol. The van der Waals surface area contributed by atoms with Crippen LogP contribution in [0.2, 0.25) is 0 Å². The van der Waals surface area contributed by atoms with Gasteiger partial charge >= 0.3 is 10.4 Å². The van der Waals surface area contributed by atoms with E-state index in [1.807, 2.05) is 0 Å². The van der Waals surface area contributed by atoms with Crippen LogP contribution in [0.1, 0.15) is 341 Å². The van der Waals surface area contributed by atoms with Crippen LogP contribution in [-0.4, -0.2) is 95.4 Å². The van der Waals surface area contributed by atoms with E-state index < -0.39 is 59.9 Å². The number of hydrogen-bond donors (Lipinski definition) is 6. The van der Waals surface area contributed by atoms with E-state index in [-0.39, 0.29) is 12.5 Å². The van der Waals surface area contributed by atoms with Gasteiger partial charge in [0.2, 0.25) is 5.91 Å². The second-order valence-corrected chi connectivity index (χ2v) is 24.8. The molecule has 0 aliphatic carbocycles. The molecule has 12 nitrogen and oxygen atoms in total. The maximum Gasteiger partial charge on any atom is 0.397 e. The summed E-state index contributed by atoms with van der Waals surface area (Å²) in [6, 6.07) is -0.855. The molecule has 7 atom stereocenters. The van der Waals surface area contributed by atoms with Crippen LogP contribution in [0.3, 0.4) is 0 Å². The number of hydrogen-bond acceptors (Lipinski definition) is 10. The van der Waals surface area contributed by atoms with E-state index in [0.29, 0.717) is 12.8 Å². The minimum atomic E-state index is -5.08. The van der Waals surface area contributed by atoms with E-state index in [0.717, 1.165) is 51.4 Å². The van der Waals surface area contributed by atoms with E-state index in [2.05, 4.69) is 35.5 Å². The van der Waals surface area contributed by atoms with Crippen LogP contribution in [0.25, 0.3) is 0 Å². The molecule has 464 valence electrons. The molecule has 0 saturated carbocycles. The van der Waals surface area contributed by atoms with Gasteiger partial charge in [-0.05, 0) is 38.5 Å². The first-order valence-electron chi connectivity index (χ1n) is 33.6. The van der Waals surface area contributed by atoms with Crippen molar-refractivity contribution < 1.29 is 51.8 Å². The highest BCUT2D eigenvalue weighted by atomic mass is 32.3. The zero-order valence-electron chi connectivity index (χ0n) is 50.8. The fourth-order valence-corrected chi connectivity index (χ4v) is 11.7. The number of carbonyl (C=O) groups excluding carboxylic acids is 1. The Balaban J connectivity index is 2.14. The molecular weight excluding hydrogens is 1000 g/mol. The molecule has 1 aliphatic heterocycles. The molecule has 0 aromatic carbocycles. The van der Waals surface area contributed by atoms with Gasteiger partial charge in [0.15, 0.2) is 6.29 Å². The molecule has 13 heteroatoms. The van der Waals surface area contributed by atoms with Crippen LogP contribution < -0.4 is 5.32 Å². The highest BCUT2D eigenvalue weighted by molar-refractivity contribution is 7.80. The standard InChI is InChI=1S/C65H127NO11S/c1-3-5-7-9-11-13-15-17-19-20-21-22-23-24-25-26-27-28-29-30-31-32-33-34-35-36-37-38-39-40-41-43-45-47-49-51-53-55-61(69)66-58(57-75-65-63(71)64(77-78(72,73)74)62(70)60(56-67)76-65)59(68)54-52-50-48-46-44-42-18-16-14-12-10-8-6-4-2/h28-29,58-60,62-65,67-68,70-71H,3-27,30-57H2,1-2H3,(H,66,69)(H,72,73,74)/b29-28-. The summed E-state index contributed by atoms with van der Waals surface area (Å²) in [7, 11) is -5.08. The fourth-order valence-electron chi connectivity index (χ4n) is 11.2. The van der Waals surface area contributed by atoms with Crippen LogP contribution in [-0.2, 0) is 28.9 Å². The number of ether oxygens (including phenoxy) is 2. The molecule has 0 radical (unpaired) electrons. The van der Waals surface area contributed by atoms with Crippen LogP contribution in [0, 0.1) is 0 Å². The first-order valence-corrected chi connectivity index (χ1v) is 34.9. The van der Waals surface area contributed by atoms with Gasteiger partial charge in [-0.15, -0.1) is 0 Å². The van der Waals surface area contributed by atoms with Crippen molar-refractivity contribution in [1.82, 2.24) is 5.32 Å². The Morgan fingerprint density at radius 2 is 0.821 bits per heavy atom. The van der Waals surface area contributed by atoms with Gasteiger partial charge in [-0.1, -0.05) is 309 Å². The molecule has 78 heavy (non-hydrogen) atoms. The van der Waals surface area contributed by atoms with Crippen molar-refractivity contribution in [2.45, 2.75) is 384 Å². The number of carbonyl (C=O) groups is 1. The smallest absolute Gasteiger partial charge is 0.394 e. The normalized spacial score (nSPS) is 18.8. The molecular formula is C65H127NO11S. The van der Waals surface area contributed by atoms with Crippen LogP contribution in [0.15, 0.2) is 12.2 Å². The lowest BCUT2D eigenvalue weighted by Gasteiger charge is -2.41. The second-order valence-electron chi connectivity index (χ2n) is 23.8. The van der Waals surface area contributed by atoms with Crippen molar-refractivity contribution in [3.8, 4) is 0 Å². The Hall–Kier alpha value is -1.16. The number of aliphatic hydroxyl groups is 4. The van der Waals surface area contributed by atoms with Gasteiger partial charge in [-0.25, -0.2) is 4.18 Å². The summed E-state index contributed by atoms with van der Waals surface area (Å²) in [6.07, 6.45) is 59.8. The fraction of sp³-hybridized carbons (Fsp3) is 0.954. The summed E-state index contributed by atoms with van der Waals surface area (Å²) in [5.74, 6) is -0.223. The molecule has 1 amide bonds. The highest BCUT2D eigenvalue weighted by Gasteiger charge is 2.48. The summed E-state index contributed by atoms with van der Waals surface area (Å²) in [5.41, 5.74) is 0. The lowest BCUT2D eigenvalue weighted by atomic mass is 9.99. The predicted molar refractivity (Wildman–Crippen MR) is 324 cm³/mol. The van der Waals surface area contributed by atoms with Gasteiger partial charge < -0.3 is 35.2 Å². The predicted octanol–water partition coefficient (Wildman–Crippen LogP) is 17.0. The SMILES string of the molecule is CCCCCCCCCCCCCCCCCC/C=C\CCCCCCCCCCCCCCCCCCCC(=O)NC(COC1OC(CO)C(O)C(OS(=O)(=O)O)C1O)C(O)CCCCCCCCCCCCCCCC. The summed E-state index contributed by atoms with van der Waals surface area (Å²) in [5, 5.41) is 45.1. The lowest BCUT2D eigenvalue weighted by Crippen LogP contribution is -2.61. The van der Waals surface area contributed by atoms with Crippen LogP contribution in [0.5, 0.6) is 0 Å². The Morgan fingerprint density at radius 3 is 1.15 bits per heavy atom. The maximum absolute atomic E-state index is 13.2. The number of rotatable bonds is 60. The first kappa shape index (κ1) is 74.9. The number of unbranched alkanes of at least 4 members (excludes halogenated alkanes) is 46. The molecule has 0 bridgehead atoms. The van der Waals surface area contributed by atoms with Crippen molar-refractivity contribution >= 4 is 16.3 Å². The van der Waals surface area contributed by atoms with Crippen molar-refractivity contribution in [2.24, 2.45) is 0 Å². The van der Waals surface area contributed by atoms with Gasteiger partial charge in [0.05, 0.1) is 25.4 Å². The molecule has 0 aromatic rings.